The molecule has 1 rings (SSSR count). The van der Waals surface area contributed by atoms with Gasteiger partial charge in [0.2, 0.25) is 0 Å². The summed E-state index contributed by atoms with van der Waals surface area (Å²) in [7, 11) is 0. The van der Waals surface area contributed by atoms with Crippen molar-refractivity contribution >= 4 is 0 Å². The van der Waals surface area contributed by atoms with Gasteiger partial charge in [-0.3, -0.25) is 0 Å². The third-order valence-electron chi connectivity index (χ3n) is 2.36. The summed E-state index contributed by atoms with van der Waals surface area (Å²) in [5.41, 5.74) is 6.04. The number of ether oxygens (including phenoxy) is 1. The van der Waals surface area contributed by atoms with Gasteiger partial charge in [0.25, 0.3) is 0 Å². The molecule has 1 aromatic carbocycles. The van der Waals surface area contributed by atoms with Crippen LogP contribution in [0.1, 0.15) is 12.5 Å². The highest BCUT2D eigenvalue weighted by Crippen LogP contribution is 2.39. The molecule has 0 saturated carbocycles. The van der Waals surface area contributed by atoms with Gasteiger partial charge in [0.05, 0.1) is 0 Å². The SMILES string of the molecule is CC(Oc1ccc(CN)cc1)C(F)(F)C(F)(F)F. The van der Waals surface area contributed by atoms with Gasteiger partial charge in [-0.05, 0) is 24.6 Å². The Morgan fingerprint density at radius 3 is 2.00 bits per heavy atom. The van der Waals surface area contributed by atoms with Crippen LogP contribution < -0.4 is 10.5 Å². The molecule has 0 fully saturated rings. The average Bonchev–Trinajstić information content (AvgIpc) is 2.28. The van der Waals surface area contributed by atoms with E-state index in [2.05, 4.69) is 4.74 Å². The van der Waals surface area contributed by atoms with E-state index in [4.69, 9.17) is 5.73 Å². The lowest BCUT2D eigenvalue weighted by Crippen LogP contribution is -2.48. The molecule has 0 saturated heterocycles. The highest BCUT2D eigenvalue weighted by atomic mass is 19.4. The van der Waals surface area contributed by atoms with Crippen molar-refractivity contribution in [2.24, 2.45) is 5.73 Å². The molecule has 7 heteroatoms. The molecule has 0 radical (unpaired) electrons. The van der Waals surface area contributed by atoms with Crippen molar-refractivity contribution in [2.45, 2.75) is 31.7 Å². The summed E-state index contributed by atoms with van der Waals surface area (Å²) >= 11 is 0. The molecule has 0 aromatic heterocycles. The molecular weight excluding hydrogens is 257 g/mol. The Morgan fingerprint density at radius 2 is 1.61 bits per heavy atom. The minimum atomic E-state index is -5.64. The van der Waals surface area contributed by atoms with Gasteiger partial charge in [-0.1, -0.05) is 12.1 Å². The van der Waals surface area contributed by atoms with E-state index in [0.717, 1.165) is 5.56 Å². The van der Waals surface area contributed by atoms with Crippen molar-refractivity contribution in [3.05, 3.63) is 29.8 Å². The van der Waals surface area contributed by atoms with Gasteiger partial charge in [0.15, 0.2) is 6.10 Å². The first-order chi connectivity index (χ1) is 8.18. The van der Waals surface area contributed by atoms with Gasteiger partial charge in [-0.15, -0.1) is 0 Å². The second-order valence-electron chi connectivity index (χ2n) is 3.73. The standard InChI is InChI=1S/C11H12F5NO/c1-7(10(12,13)11(14,15)16)18-9-4-2-8(6-17)3-5-9/h2-5,7H,6,17H2,1H3. The number of hydrogen-bond donors (Lipinski definition) is 1. The van der Waals surface area contributed by atoms with E-state index >= 15 is 0 Å². The summed E-state index contributed by atoms with van der Waals surface area (Å²) in [5, 5.41) is 0. The number of nitrogens with two attached hydrogens (primary N) is 1. The summed E-state index contributed by atoms with van der Waals surface area (Å²) in [6.45, 7) is 0.916. The lowest BCUT2D eigenvalue weighted by atomic mass is 10.2. The van der Waals surface area contributed by atoms with Crippen molar-refractivity contribution in [2.75, 3.05) is 0 Å². The molecule has 0 aliphatic rings. The largest absolute Gasteiger partial charge is 0.484 e. The van der Waals surface area contributed by atoms with E-state index in [0.29, 0.717) is 6.92 Å². The highest BCUT2D eigenvalue weighted by Gasteiger charge is 2.62. The third-order valence-corrected chi connectivity index (χ3v) is 2.36. The summed E-state index contributed by atoms with van der Waals surface area (Å²) in [6.07, 6.45) is -7.94. The quantitative estimate of drug-likeness (QED) is 0.852. The fourth-order valence-electron chi connectivity index (χ4n) is 1.21. The van der Waals surface area contributed by atoms with Crippen LogP contribution in [0.3, 0.4) is 0 Å². The van der Waals surface area contributed by atoms with E-state index in [9.17, 15) is 22.0 Å². The molecule has 0 bridgehead atoms. The minimum Gasteiger partial charge on any atom is -0.484 e. The molecule has 0 aliphatic carbocycles. The first kappa shape index (κ1) is 14.7. The molecular formula is C11H12F5NO. The molecule has 18 heavy (non-hydrogen) atoms. The lowest BCUT2D eigenvalue weighted by molar-refractivity contribution is -0.306. The third kappa shape index (κ3) is 3.10. The normalized spacial score (nSPS) is 14.4. The Bertz CT molecular complexity index is 387. The van der Waals surface area contributed by atoms with Crippen molar-refractivity contribution < 1.29 is 26.7 Å². The molecule has 2 N–H and O–H groups in total. The number of rotatable bonds is 4. The van der Waals surface area contributed by atoms with Crippen LogP contribution in [0.5, 0.6) is 5.75 Å². The highest BCUT2D eigenvalue weighted by molar-refractivity contribution is 5.27. The molecule has 1 unspecified atom stereocenters. The maximum Gasteiger partial charge on any atom is 0.457 e. The van der Waals surface area contributed by atoms with Crippen molar-refractivity contribution in [3.63, 3.8) is 0 Å². The molecule has 0 spiro atoms. The molecule has 2 nitrogen and oxygen atoms in total. The fourth-order valence-corrected chi connectivity index (χ4v) is 1.21. The zero-order valence-corrected chi connectivity index (χ0v) is 9.47. The van der Waals surface area contributed by atoms with E-state index in [1.54, 1.807) is 0 Å². The maximum atomic E-state index is 12.9. The first-order valence-corrected chi connectivity index (χ1v) is 5.08. The predicted molar refractivity (Wildman–Crippen MR) is 55.4 cm³/mol. The number of hydrogen-bond acceptors (Lipinski definition) is 2. The Kier molecular flexibility index (Phi) is 4.16. The summed E-state index contributed by atoms with van der Waals surface area (Å²) in [6, 6.07) is 5.58. The molecule has 1 atom stereocenters. The van der Waals surface area contributed by atoms with Crippen LogP contribution in [0.15, 0.2) is 24.3 Å². The summed E-state index contributed by atoms with van der Waals surface area (Å²) in [5.74, 6) is -4.97. The molecule has 0 heterocycles. The van der Waals surface area contributed by atoms with Crippen molar-refractivity contribution in [1.82, 2.24) is 0 Å². The van der Waals surface area contributed by atoms with Crippen LogP contribution in [-0.2, 0) is 6.54 Å². The average molecular weight is 269 g/mol. The smallest absolute Gasteiger partial charge is 0.457 e. The van der Waals surface area contributed by atoms with Crippen LogP contribution >= 0.6 is 0 Å². The second kappa shape index (κ2) is 5.09. The van der Waals surface area contributed by atoms with Crippen molar-refractivity contribution in [3.8, 4) is 5.75 Å². The lowest BCUT2D eigenvalue weighted by Gasteiger charge is -2.26. The van der Waals surface area contributed by atoms with Crippen LogP contribution in [0, 0.1) is 0 Å². The van der Waals surface area contributed by atoms with E-state index in [1.807, 2.05) is 0 Å². The fraction of sp³-hybridized carbons (Fsp3) is 0.455. The summed E-state index contributed by atoms with van der Waals surface area (Å²) < 4.78 is 66.5. The second-order valence-corrected chi connectivity index (χ2v) is 3.73. The Labute approximate surface area is 101 Å². The van der Waals surface area contributed by atoms with Crippen LogP contribution in [-0.4, -0.2) is 18.2 Å². The van der Waals surface area contributed by atoms with E-state index in [-0.39, 0.29) is 12.3 Å². The first-order valence-electron chi connectivity index (χ1n) is 5.08. The van der Waals surface area contributed by atoms with Crippen LogP contribution in [0.25, 0.3) is 0 Å². The summed E-state index contributed by atoms with van der Waals surface area (Å²) in [4.78, 5) is 0. The monoisotopic (exact) mass is 269 g/mol. The van der Waals surface area contributed by atoms with Crippen LogP contribution in [0.2, 0.25) is 0 Å². The molecule has 102 valence electrons. The number of benzene rings is 1. The Balaban J connectivity index is 2.78. The zero-order valence-electron chi connectivity index (χ0n) is 9.47. The predicted octanol–water partition coefficient (Wildman–Crippen LogP) is 3.11. The number of halogens is 5. The van der Waals surface area contributed by atoms with Gasteiger partial charge in [0, 0.05) is 6.54 Å². The van der Waals surface area contributed by atoms with E-state index < -0.39 is 18.2 Å². The van der Waals surface area contributed by atoms with Gasteiger partial charge >= 0.3 is 12.1 Å². The molecule has 0 aliphatic heterocycles. The topological polar surface area (TPSA) is 35.2 Å². The number of alkyl halides is 5. The zero-order chi connectivity index (χ0) is 14.0. The van der Waals surface area contributed by atoms with Crippen molar-refractivity contribution in [1.29, 1.82) is 0 Å². The Morgan fingerprint density at radius 1 is 1.11 bits per heavy atom. The van der Waals surface area contributed by atoms with Gasteiger partial charge in [-0.2, -0.15) is 22.0 Å². The Hall–Kier alpha value is -1.37. The van der Waals surface area contributed by atoms with Crippen LogP contribution in [0.4, 0.5) is 22.0 Å². The van der Waals surface area contributed by atoms with Gasteiger partial charge < -0.3 is 10.5 Å². The molecule has 0 amide bonds. The minimum absolute atomic E-state index is 0.0661. The molecule has 1 aromatic rings. The van der Waals surface area contributed by atoms with E-state index in [1.165, 1.54) is 24.3 Å². The van der Waals surface area contributed by atoms with Gasteiger partial charge in [0.1, 0.15) is 5.75 Å². The maximum absolute atomic E-state index is 12.9. The van der Waals surface area contributed by atoms with Gasteiger partial charge in [-0.25, -0.2) is 0 Å².